The van der Waals surface area contributed by atoms with Crippen LogP contribution in [0, 0.1) is 0 Å². The summed E-state index contributed by atoms with van der Waals surface area (Å²) in [5.41, 5.74) is 0. The number of hydrogen-bond donors (Lipinski definition) is 0. The molecule has 6 nitrogen and oxygen atoms in total. The van der Waals surface area contributed by atoms with Crippen molar-refractivity contribution in [2.75, 3.05) is 31.7 Å². The largest absolute Gasteiger partial charge is 0.723 e. The average molecular weight is 251 g/mol. The van der Waals surface area contributed by atoms with E-state index in [9.17, 15) is 20.4 Å². The Morgan fingerprint density at radius 2 is 1.50 bits per heavy atom. The van der Waals surface area contributed by atoms with Gasteiger partial charge in [-0.3, -0.25) is 0 Å². The molecule has 0 heterocycles. The second-order valence-corrected chi connectivity index (χ2v) is 6.00. The van der Waals surface area contributed by atoms with Crippen LogP contribution in [-0.4, -0.2) is 37.7 Å². The van der Waals surface area contributed by atoms with Crippen molar-refractivity contribution in [3.63, 3.8) is 0 Å². The molecule has 0 N–H and O–H groups in total. The van der Waals surface area contributed by atoms with Gasteiger partial charge in [-0.2, -0.15) is 0 Å². The highest BCUT2D eigenvalue weighted by Crippen LogP contribution is 2.37. The smallest absolute Gasteiger partial charge is 0.0417 e. The van der Waals surface area contributed by atoms with Gasteiger partial charge in [-0.05, 0) is 37.7 Å². The highest BCUT2D eigenvalue weighted by atomic mass is 31.1. The zero-order chi connectivity index (χ0) is 12.2. The molecule has 0 saturated heterocycles. The topological polar surface area (TPSA) is 105 Å². The van der Waals surface area contributed by atoms with Gasteiger partial charge >= 0.3 is 0 Å². The molecule has 0 spiro atoms. The third kappa shape index (κ3) is 10.3. The number of aliphatic carboxylic acids is 1. The molecule has 0 radical (unpaired) electrons. The highest BCUT2D eigenvalue weighted by molar-refractivity contribution is 7.57. The Kier molecular flexibility index (Phi) is 11.0. The minimum atomic E-state index is -1.06. The monoisotopic (exact) mass is 251 g/mol. The fraction of sp³-hybridized carbons (Fsp3) is 0.889. The summed E-state index contributed by atoms with van der Waals surface area (Å²) in [6.45, 7) is 0.282. The van der Waals surface area contributed by atoms with E-state index >= 15 is 0 Å². The zero-order valence-corrected chi connectivity index (χ0v) is 9.95. The second-order valence-electron chi connectivity index (χ2n) is 3.31. The molecular weight excluding hydrogens is 235 g/mol. The molecule has 16 heavy (non-hydrogen) atoms. The molecule has 0 aliphatic carbocycles. The van der Waals surface area contributed by atoms with Gasteiger partial charge < -0.3 is 30.2 Å². The molecule has 0 atom stereocenters. The number of carboxylic acids is 1. The Balaban J connectivity index is 3.71. The summed E-state index contributed by atoms with van der Waals surface area (Å²) < 4.78 is 0. The summed E-state index contributed by atoms with van der Waals surface area (Å²) in [5.74, 6) is -1.06. The summed E-state index contributed by atoms with van der Waals surface area (Å²) in [6, 6.07) is 0. The lowest BCUT2D eigenvalue weighted by Gasteiger charge is -2.19. The van der Waals surface area contributed by atoms with Crippen molar-refractivity contribution in [3.8, 4) is 0 Å². The summed E-state index contributed by atoms with van der Waals surface area (Å²) >= 11 is 0. The van der Waals surface area contributed by atoms with Gasteiger partial charge in [-0.1, -0.05) is 0 Å². The second kappa shape index (κ2) is 11.2. The van der Waals surface area contributed by atoms with Gasteiger partial charge in [-0.25, -0.2) is 0 Å². The SMILES string of the molecule is O=C([O-])CCP(CCCO[O-])CCCO[O-]. The van der Waals surface area contributed by atoms with Crippen molar-refractivity contribution in [2.45, 2.75) is 19.3 Å². The fourth-order valence-corrected chi connectivity index (χ4v) is 3.60. The van der Waals surface area contributed by atoms with Gasteiger partial charge in [-0.15, -0.1) is 7.92 Å². The molecule has 0 aromatic rings. The van der Waals surface area contributed by atoms with Crippen molar-refractivity contribution in [1.29, 1.82) is 0 Å². The predicted octanol–water partition coefficient (Wildman–Crippen LogP) is -2.03. The van der Waals surface area contributed by atoms with Crippen LogP contribution in [0.1, 0.15) is 19.3 Å². The van der Waals surface area contributed by atoms with Crippen LogP contribution in [-0.2, 0) is 14.6 Å². The van der Waals surface area contributed by atoms with Crippen LogP contribution >= 0.6 is 7.92 Å². The van der Waals surface area contributed by atoms with E-state index in [1.54, 1.807) is 0 Å². The average Bonchev–Trinajstić information content (AvgIpc) is 2.25. The number of carboxylic acid groups (broad SMARTS) is 1. The lowest BCUT2D eigenvalue weighted by Crippen LogP contribution is -2.23. The van der Waals surface area contributed by atoms with Crippen molar-refractivity contribution in [1.82, 2.24) is 0 Å². The fourth-order valence-electron chi connectivity index (χ4n) is 1.28. The molecule has 0 saturated carbocycles. The molecule has 0 aromatic carbocycles. The van der Waals surface area contributed by atoms with Crippen LogP contribution in [0.4, 0.5) is 0 Å². The minimum Gasteiger partial charge on any atom is -0.723 e. The summed E-state index contributed by atoms with van der Waals surface area (Å²) in [4.78, 5) is 17.7. The van der Waals surface area contributed by atoms with Crippen LogP contribution in [0.25, 0.3) is 0 Å². The third-order valence-corrected chi connectivity index (χ3v) is 4.79. The van der Waals surface area contributed by atoms with E-state index in [-0.39, 0.29) is 19.6 Å². The van der Waals surface area contributed by atoms with E-state index < -0.39 is 13.9 Å². The highest BCUT2D eigenvalue weighted by Gasteiger charge is 2.07. The van der Waals surface area contributed by atoms with E-state index in [1.165, 1.54) is 0 Å². The Bertz CT molecular complexity index is 167. The molecular formula is C9H16O6P-3. The zero-order valence-electron chi connectivity index (χ0n) is 9.05. The maximum atomic E-state index is 10.3. The molecule has 0 rings (SSSR count). The predicted molar refractivity (Wildman–Crippen MR) is 52.3 cm³/mol. The normalized spacial score (nSPS) is 10.9. The van der Waals surface area contributed by atoms with Crippen LogP contribution in [0.3, 0.4) is 0 Å². The molecule has 0 fully saturated rings. The number of carbonyl (C=O) groups is 1. The standard InChI is InChI=1S/C9H19O6P/c10-9(11)3-8-16(6-1-4-14-12)7-2-5-15-13/h12-13H,1-8H2,(H,10,11)/p-3. The van der Waals surface area contributed by atoms with Gasteiger partial charge in [0.25, 0.3) is 0 Å². The number of rotatable bonds is 11. The van der Waals surface area contributed by atoms with Crippen molar-refractivity contribution >= 4 is 13.9 Å². The van der Waals surface area contributed by atoms with Crippen molar-refractivity contribution < 1.29 is 30.2 Å². The first kappa shape index (κ1) is 15.7. The van der Waals surface area contributed by atoms with Crippen LogP contribution in [0.2, 0.25) is 0 Å². The van der Waals surface area contributed by atoms with E-state index in [0.717, 1.165) is 12.3 Å². The lowest BCUT2D eigenvalue weighted by atomic mass is 10.5. The lowest BCUT2D eigenvalue weighted by molar-refractivity contribution is -0.689. The maximum Gasteiger partial charge on any atom is 0.0417 e. The van der Waals surface area contributed by atoms with E-state index in [0.29, 0.717) is 19.0 Å². The third-order valence-electron chi connectivity index (χ3n) is 2.04. The molecule has 0 aliphatic rings. The summed E-state index contributed by atoms with van der Waals surface area (Å²) in [5, 5.41) is 29.9. The van der Waals surface area contributed by atoms with Crippen molar-refractivity contribution in [3.05, 3.63) is 0 Å². The van der Waals surface area contributed by atoms with E-state index in [4.69, 9.17) is 0 Å². The Morgan fingerprint density at radius 1 is 1.00 bits per heavy atom. The number of carbonyl (C=O) groups excluding carboxylic acids is 1. The number of hydrogen-bond acceptors (Lipinski definition) is 6. The first-order chi connectivity index (χ1) is 7.70. The Labute approximate surface area is 95.8 Å². The van der Waals surface area contributed by atoms with Gasteiger partial charge in [0, 0.05) is 19.2 Å². The minimum absolute atomic E-state index is 0.0299. The van der Waals surface area contributed by atoms with Crippen LogP contribution < -0.4 is 15.6 Å². The van der Waals surface area contributed by atoms with Crippen LogP contribution in [0.15, 0.2) is 0 Å². The van der Waals surface area contributed by atoms with Gasteiger partial charge in [0.15, 0.2) is 0 Å². The molecule has 0 unspecified atom stereocenters. The first-order valence-electron chi connectivity index (χ1n) is 5.12. The molecule has 7 heteroatoms. The van der Waals surface area contributed by atoms with Gasteiger partial charge in [0.1, 0.15) is 0 Å². The molecule has 0 aliphatic heterocycles. The summed E-state index contributed by atoms with van der Waals surface area (Å²) in [6.07, 6.45) is 3.41. The van der Waals surface area contributed by atoms with Crippen molar-refractivity contribution in [2.24, 2.45) is 0 Å². The Morgan fingerprint density at radius 3 is 1.88 bits per heavy atom. The van der Waals surface area contributed by atoms with Crippen LogP contribution in [0.5, 0.6) is 0 Å². The van der Waals surface area contributed by atoms with E-state index in [2.05, 4.69) is 9.78 Å². The van der Waals surface area contributed by atoms with E-state index in [1.807, 2.05) is 0 Å². The Hall–Kier alpha value is -0.260. The quantitative estimate of drug-likeness (QED) is 0.181. The molecule has 0 amide bonds. The van der Waals surface area contributed by atoms with Gasteiger partial charge in [0.2, 0.25) is 0 Å². The van der Waals surface area contributed by atoms with Gasteiger partial charge in [0.05, 0.1) is 0 Å². The maximum absolute atomic E-state index is 10.3. The summed E-state index contributed by atoms with van der Waals surface area (Å²) in [7, 11) is -0.475. The molecule has 0 aromatic heterocycles. The first-order valence-corrected chi connectivity index (χ1v) is 7.02. The molecule has 0 bridgehead atoms. The molecule has 96 valence electrons.